The van der Waals surface area contributed by atoms with Crippen molar-refractivity contribution in [3.63, 3.8) is 0 Å². The summed E-state index contributed by atoms with van der Waals surface area (Å²) >= 11 is 5.84. The number of carbonyl (C=O) groups is 1. The molecule has 0 aliphatic heterocycles. The number of aromatic carboxylic acids is 1. The first-order valence-corrected chi connectivity index (χ1v) is 7.19. The van der Waals surface area contributed by atoms with E-state index in [2.05, 4.69) is 6.92 Å². The zero-order chi connectivity index (χ0) is 13.8. The zero-order valence-electron chi connectivity index (χ0n) is 11.1. The van der Waals surface area contributed by atoms with Gasteiger partial charge in [-0.2, -0.15) is 0 Å². The Bertz CT molecular complexity index is 459. The molecule has 0 radical (unpaired) electrons. The minimum atomic E-state index is -0.999. The van der Waals surface area contributed by atoms with Gasteiger partial charge in [0.05, 0.1) is 0 Å². The Labute approximate surface area is 118 Å². The molecule has 4 heteroatoms. The Kier molecular flexibility index (Phi) is 4.70. The summed E-state index contributed by atoms with van der Waals surface area (Å²) in [6.45, 7) is 2.16. The molecule has 1 aliphatic rings. The normalized spacial score (nSPS) is 23.1. The third kappa shape index (κ3) is 3.41. The minimum Gasteiger partial charge on any atom is -0.489 e. The summed E-state index contributed by atoms with van der Waals surface area (Å²) in [5, 5.41) is 9.62. The Morgan fingerprint density at radius 3 is 2.84 bits per heavy atom. The summed E-state index contributed by atoms with van der Waals surface area (Å²) in [7, 11) is 0. The third-order valence-electron chi connectivity index (χ3n) is 3.81. The number of carboxylic acids is 1. The van der Waals surface area contributed by atoms with Gasteiger partial charge in [-0.1, -0.05) is 24.9 Å². The highest BCUT2D eigenvalue weighted by molar-refractivity contribution is 6.31. The van der Waals surface area contributed by atoms with Crippen LogP contribution in [0, 0.1) is 5.92 Å². The van der Waals surface area contributed by atoms with Gasteiger partial charge in [0, 0.05) is 5.02 Å². The minimum absolute atomic E-state index is 0.123. The molecule has 3 nitrogen and oxygen atoms in total. The molecule has 1 aromatic carbocycles. The monoisotopic (exact) mass is 282 g/mol. The second-order valence-electron chi connectivity index (χ2n) is 5.05. The topological polar surface area (TPSA) is 46.5 Å². The highest BCUT2D eigenvalue weighted by atomic mass is 35.5. The van der Waals surface area contributed by atoms with Crippen LogP contribution in [0.4, 0.5) is 0 Å². The van der Waals surface area contributed by atoms with Crippen LogP contribution in [0.3, 0.4) is 0 Å². The summed E-state index contributed by atoms with van der Waals surface area (Å²) < 4.78 is 5.97. The maximum atomic E-state index is 11.2. The second kappa shape index (κ2) is 6.29. The molecule has 1 fully saturated rings. The molecule has 2 atom stereocenters. The molecule has 1 aliphatic carbocycles. The lowest BCUT2D eigenvalue weighted by Gasteiger charge is -2.31. The van der Waals surface area contributed by atoms with Crippen molar-refractivity contribution < 1.29 is 14.6 Å². The lowest BCUT2D eigenvalue weighted by molar-refractivity contribution is 0.0664. The van der Waals surface area contributed by atoms with Crippen LogP contribution in [0.2, 0.25) is 5.02 Å². The lowest BCUT2D eigenvalue weighted by Crippen LogP contribution is -2.30. The van der Waals surface area contributed by atoms with E-state index in [-0.39, 0.29) is 11.7 Å². The zero-order valence-corrected chi connectivity index (χ0v) is 11.8. The van der Waals surface area contributed by atoms with Crippen molar-refractivity contribution in [2.75, 3.05) is 0 Å². The van der Waals surface area contributed by atoms with Crippen LogP contribution in [-0.4, -0.2) is 17.2 Å². The molecule has 0 saturated heterocycles. The summed E-state index contributed by atoms with van der Waals surface area (Å²) in [4.78, 5) is 11.2. The fourth-order valence-corrected chi connectivity index (χ4v) is 2.90. The largest absolute Gasteiger partial charge is 0.489 e. The highest BCUT2D eigenvalue weighted by Crippen LogP contribution is 2.32. The Hall–Kier alpha value is -1.22. The van der Waals surface area contributed by atoms with Gasteiger partial charge < -0.3 is 9.84 Å². The van der Waals surface area contributed by atoms with Crippen LogP contribution < -0.4 is 4.74 Å². The first-order chi connectivity index (χ1) is 9.11. The van der Waals surface area contributed by atoms with E-state index < -0.39 is 5.97 Å². The van der Waals surface area contributed by atoms with Gasteiger partial charge in [-0.15, -0.1) is 0 Å². The maximum Gasteiger partial charge on any atom is 0.339 e. The van der Waals surface area contributed by atoms with E-state index in [0.717, 1.165) is 25.7 Å². The van der Waals surface area contributed by atoms with Gasteiger partial charge in [0.1, 0.15) is 17.4 Å². The first kappa shape index (κ1) is 14.2. The number of benzene rings is 1. The summed E-state index contributed by atoms with van der Waals surface area (Å²) in [6, 6.07) is 4.78. The van der Waals surface area contributed by atoms with Crippen LogP contribution in [0.15, 0.2) is 18.2 Å². The van der Waals surface area contributed by atoms with Crippen LogP contribution in [0.5, 0.6) is 5.75 Å². The standard InChI is InChI=1S/C15H19ClO3/c1-2-10-5-3-4-6-13(10)19-14-8-7-11(16)9-12(14)15(17)18/h7-10,13H,2-6H2,1H3,(H,17,18). The first-order valence-electron chi connectivity index (χ1n) is 6.81. The van der Waals surface area contributed by atoms with Crippen molar-refractivity contribution in [3.8, 4) is 5.75 Å². The molecule has 2 unspecified atom stereocenters. The van der Waals surface area contributed by atoms with E-state index in [1.165, 1.54) is 12.5 Å². The molecular formula is C15H19ClO3. The third-order valence-corrected chi connectivity index (χ3v) is 4.05. The molecule has 0 spiro atoms. The molecule has 1 saturated carbocycles. The number of ether oxygens (including phenoxy) is 1. The summed E-state index contributed by atoms with van der Waals surface area (Å²) in [5.74, 6) is -0.0466. The van der Waals surface area contributed by atoms with Crippen molar-refractivity contribution in [3.05, 3.63) is 28.8 Å². The van der Waals surface area contributed by atoms with Crippen molar-refractivity contribution in [2.24, 2.45) is 5.92 Å². The average molecular weight is 283 g/mol. The second-order valence-corrected chi connectivity index (χ2v) is 5.49. The van der Waals surface area contributed by atoms with Gasteiger partial charge in [0.2, 0.25) is 0 Å². The van der Waals surface area contributed by atoms with E-state index in [4.69, 9.17) is 16.3 Å². The number of carboxylic acid groups (broad SMARTS) is 1. The molecule has 19 heavy (non-hydrogen) atoms. The number of halogens is 1. The molecule has 1 aromatic rings. The molecular weight excluding hydrogens is 264 g/mol. The summed E-state index contributed by atoms with van der Waals surface area (Å²) in [6.07, 6.45) is 5.75. The quantitative estimate of drug-likeness (QED) is 0.891. The van der Waals surface area contributed by atoms with Crippen LogP contribution >= 0.6 is 11.6 Å². The molecule has 0 aromatic heterocycles. The Balaban J connectivity index is 2.20. The van der Waals surface area contributed by atoms with Crippen LogP contribution in [0.1, 0.15) is 49.4 Å². The summed E-state index contributed by atoms with van der Waals surface area (Å²) in [5.41, 5.74) is 0.146. The predicted molar refractivity (Wildman–Crippen MR) is 75.1 cm³/mol. The molecule has 0 heterocycles. The van der Waals surface area contributed by atoms with Gasteiger partial charge in [0.25, 0.3) is 0 Å². The maximum absolute atomic E-state index is 11.2. The van der Waals surface area contributed by atoms with Crippen molar-refractivity contribution in [1.82, 2.24) is 0 Å². The van der Waals surface area contributed by atoms with Gasteiger partial charge in [-0.25, -0.2) is 4.79 Å². The molecule has 0 amide bonds. The Morgan fingerprint density at radius 2 is 2.16 bits per heavy atom. The number of rotatable bonds is 4. The molecule has 104 valence electrons. The smallest absolute Gasteiger partial charge is 0.339 e. The molecule has 0 bridgehead atoms. The van der Waals surface area contributed by atoms with Crippen molar-refractivity contribution in [2.45, 2.75) is 45.1 Å². The fraction of sp³-hybridized carbons (Fsp3) is 0.533. The van der Waals surface area contributed by atoms with Crippen LogP contribution in [-0.2, 0) is 0 Å². The number of hydrogen-bond donors (Lipinski definition) is 1. The average Bonchev–Trinajstić information content (AvgIpc) is 2.41. The van der Waals surface area contributed by atoms with Crippen LogP contribution in [0.25, 0.3) is 0 Å². The molecule has 2 rings (SSSR count). The van der Waals surface area contributed by atoms with Crippen molar-refractivity contribution >= 4 is 17.6 Å². The van der Waals surface area contributed by atoms with E-state index in [9.17, 15) is 9.90 Å². The fourth-order valence-electron chi connectivity index (χ4n) is 2.73. The van der Waals surface area contributed by atoms with E-state index in [0.29, 0.717) is 16.7 Å². The van der Waals surface area contributed by atoms with E-state index in [1.807, 2.05) is 0 Å². The van der Waals surface area contributed by atoms with Gasteiger partial charge >= 0.3 is 5.97 Å². The highest BCUT2D eigenvalue weighted by Gasteiger charge is 2.26. The van der Waals surface area contributed by atoms with Gasteiger partial charge in [-0.3, -0.25) is 0 Å². The lowest BCUT2D eigenvalue weighted by atomic mass is 9.84. The number of hydrogen-bond acceptors (Lipinski definition) is 2. The van der Waals surface area contributed by atoms with E-state index >= 15 is 0 Å². The predicted octanol–water partition coefficient (Wildman–Crippen LogP) is 4.39. The Morgan fingerprint density at radius 1 is 1.42 bits per heavy atom. The molecule has 1 N–H and O–H groups in total. The van der Waals surface area contributed by atoms with Gasteiger partial charge in [0.15, 0.2) is 0 Å². The van der Waals surface area contributed by atoms with Gasteiger partial charge in [-0.05, 0) is 49.8 Å². The SMILES string of the molecule is CCC1CCCCC1Oc1ccc(Cl)cc1C(=O)O. The van der Waals surface area contributed by atoms with E-state index in [1.54, 1.807) is 12.1 Å². The van der Waals surface area contributed by atoms with Crippen molar-refractivity contribution in [1.29, 1.82) is 0 Å².